The van der Waals surface area contributed by atoms with Gasteiger partial charge >= 0.3 is 0 Å². The number of rotatable bonds is 6. The van der Waals surface area contributed by atoms with E-state index in [4.69, 9.17) is 5.11 Å². The molecule has 0 bridgehead atoms. The molecule has 0 aliphatic rings. The van der Waals surface area contributed by atoms with Crippen molar-refractivity contribution in [1.29, 1.82) is 0 Å². The van der Waals surface area contributed by atoms with E-state index >= 15 is 0 Å². The zero-order valence-electron chi connectivity index (χ0n) is 7.47. The Hall–Kier alpha value is -0.370. The number of carbonyl (C=O) groups is 1. The second-order valence-electron chi connectivity index (χ2n) is 2.91. The molecule has 1 N–H and O–H groups in total. The minimum Gasteiger partial charge on any atom is -0.393 e. The fourth-order valence-electron chi connectivity index (χ4n) is 0.883. The summed E-state index contributed by atoms with van der Waals surface area (Å²) in [6, 6.07) is 0. The topological polar surface area (TPSA) is 37.3 Å². The lowest BCUT2D eigenvalue weighted by atomic mass is 10.1. The first-order valence-corrected chi connectivity index (χ1v) is 4.40. The summed E-state index contributed by atoms with van der Waals surface area (Å²) in [4.78, 5) is 11.0. The number of Topliss-reactive ketones (excluding diaryl/α,β-unsaturated/α-hetero) is 1. The molecule has 0 aromatic heterocycles. The largest absolute Gasteiger partial charge is 0.393 e. The van der Waals surface area contributed by atoms with Crippen molar-refractivity contribution >= 4 is 5.78 Å². The van der Waals surface area contributed by atoms with Crippen LogP contribution in [0.3, 0.4) is 0 Å². The third-order valence-corrected chi connectivity index (χ3v) is 1.74. The SMILES string of the molecule is CCCCC(=O)CC(O)CC. The normalized spacial score (nSPS) is 13.0. The summed E-state index contributed by atoms with van der Waals surface area (Å²) >= 11 is 0. The van der Waals surface area contributed by atoms with Crippen molar-refractivity contribution in [2.24, 2.45) is 0 Å². The molecule has 0 aliphatic heterocycles. The van der Waals surface area contributed by atoms with Crippen molar-refractivity contribution in [3.63, 3.8) is 0 Å². The Balaban J connectivity index is 3.36. The molecule has 0 aromatic rings. The van der Waals surface area contributed by atoms with E-state index in [0.29, 0.717) is 19.3 Å². The van der Waals surface area contributed by atoms with E-state index < -0.39 is 6.10 Å². The number of hydrogen-bond donors (Lipinski definition) is 1. The summed E-state index contributed by atoms with van der Waals surface area (Å²) in [7, 11) is 0. The number of aliphatic hydroxyl groups excluding tert-OH is 1. The van der Waals surface area contributed by atoms with E-state index in [1.165, 1.54) is 0 Å². The predicted molar refractivity (Wildman–Crippen MR) is 45.4 cm³/mol. The molecule has 0 amide bonds. The summed E-state index contributed by atoms with van der Waals surface area (Å²) in [6.07, 6.45) is 3.24. The van der Waals surface area contributed by atoms with Crippen LogP contribution in [0.4, 0.5) is 0 Å². The van der Waals surface area contributed by atoms with Crippen LogP contribution in [0.5, 0.6) is 0 Å². The molecule has 1 atom stereocenters. The van der Waals surface area contributed by atoms with Crippen molar-refractivity contribution in [2.75, 3.05) is 0 Å². The van der Waals surface area contributed by atoms with Gasteiger partial charge in [0.05, 0.1) is 6.10 Å². The lowest BCUT2D eigenvalue weighted by molar-refractivity contribution is -0.121. The van der Waals surface area contributed by atoms with Gasteiger partial charge < -0.3 is 5.11 Å². The van der Waals surface area contributed by atoms with E-state index in [0.717, 1.165) is 12.8 Å². The Morgan fingerprint density at radius 1 is 1.45 bits per heavy atom. The number of hydrogen-bond acceptors (Lipinski definition) is 2. The van der Waals surface area contributed by atoms with Gasteiger partial charge in [0.2, 0.25) is 0 Å². The summed E-state index contributed by atoms with van der Waals surface area (Å²) in [6.45, 7) is 3.95. The zero-order chi connectivity index (χ0) is 8.69. The highest BCUT2D eigenvalue weighted by Gasteiger charge is 2.07. The van der Waals surface area contributed by atoms with Crippen LogP contribution in [0.2, 0.25) is 0 Å². The van der Waals surface area contributed by atoms with Crippen LogP contribution in [0.25, 0.3) is 0 Å². The van der Waals surface area contributed by atoms with Gasteiger partial charge in [-0.3, -0.25) is 4.79 Å². The zero-order valence-corrected chi connectivity index (χ0v) is 7.47. The van der Waals surface area contributed by atoms with Gasteiger partial charge in [0.1, 0.15) is 5.78 Å². The first-order valence-electron chi connectivity index (χ1n) is 4.40. The van der Waals surface area contributed by atoms with E-state index in [1.54, 1.807) is 0 Å². The Morgan fingerprint density at radius 3 is 2.55 bits per heavy atom. The van der Waals surface area contributed by atoms with Gasteiger partial charge in [-0.25, -0.2) is 0 Å². The van der Waals surface area contributed by atoms with Gasteiger partial charge in [-0.15, -0.1) is 0 Å². The maximum atomic E-state index is 11.0. The quantitative estimate of drug-likeness (QED) is 0.641. The van der Waals surface area contributed by atoms with Gasteiger partial charge in [0, 0.05) is 12.8 Å². The lowest BCUT2D eigenvalue weighted by Gasteiger charge is -2.05. The van der Waals surface area contributed by atoms with Crippen molar-refractivity contribution < 1.29 is 9.90 Å². The van der Waals surface area contributed by atoms with Crippen LogP contribution in [-0.2, 0) is 4.79 Å². The lowest BCUT2D eigenvalue weighted by Crippen LogP contribution is -2.11. The van der Waals surface area contributed by atoms with E-state index in [2.05, 4.69) is 6.92 Å². The Kier molecular flexibility index (Phi) is 6.13. The van der Waals surface area contributed by atoms with E-state index in [1.807, 2.05) is 6.92 Å². The molecule has 0 rings (SSSR count). The maximum absolute atomic E-state index is 11.0. The molecule has 66 valence electrons. The Labute approximate surface area is 68.6 Å². The van der Waals surface area contributed by atoms with Crippen LogP contribution in [0.1, 0.15) is 46.0 Å². The van der Waals surface area contributed by atoms with Gasteiger partial charge in [0.15, 0.2) is 0 Å². The molecule has 0 aromatic carbocycles. The minimum atomic E-state index is -0.417. The molecule has 2 nitrogen and oxygen atoms in total. The first-order chi connectivity index (χ1) is 5.20. The Morgan fingerprint density at radius 2 is 2.09 bits per heavy atom. The maximum Gasteiger partial charge on any atom is 0.135 e. The summed E-state index contributed by atoms with van der Waals surface area (Å²) in [5, 5.41) is 9.11. The van der Waals surface area contributed by atoms with Gasteiger partial charge in [0.25, 0.3) is 0 Å². The average molecular weight is 158 g/mol. The van der Waals surface area contributed by atoms with Crippen LogP contribution < -0.4 is 0 Å². The molecule has 11 heavy (non-hydrogen) atoms. The molecule has 2 heteroatoms. The fraction of sp³-hybridized carbons (Fsp3) is 0.889. The average Bonchev–Trinajstić information content (AvgIpc) is 2.00. The highest BCUT2D eigenvalue weighted by Crippen LogP contribution is 2.03. The van der Waals surface area contributed by atoms with Crippen LogP contribution >= 0.6 is 0 Å². The van der Waals surface area contributed by atoms with E-state index in [9.17, 15) is 4.79 Å². The fourth-order valence-corrected chi connectivity index (χ4v) is 0.883. The van der Waals surface area contributed by atoms with E-state index in [-0.39, 0.29) is 5.78 Å². The first kappa shape index (κ1) is 10.6. The summed E-state index contributed by atoms with van der Waals surface area (Å²) in [5.41, 5.74) is 0. The smallest absolute Gasteiger partial charge is 0.135 e. The summed E-state index contributed by atoms with van der Waals surface area (Å²) in [5.74, 6) is 0.196. The van der Waals surface area contributed by atoms with Crippen molar-refractivity contribution in [3.8, 4) is 0 Å². The van der Waals surface area contributed by atoms with Crippen molar-refractivity contribution in [3.05, 3.63) is 0 Å². The number of aliphatic hydroxyl groups is 1. The van der Waals surface area contributed by atoms with Crippen LogP contribution in [0.15, 0.2) is 0 Å². The van der Waals surface area contributed by atoms with Crippen molar-refractivity contribution in [1.82, 2.24) is 0 Å². The third-order valence-electron chi connectivity index (χ3n) is 1.74. The van der Waals surface area contributed by atoms with Crippen molar-refractivity contribution in [2.45, 2.75) is 52.1 Å². The summed E-state index contributed by atoms with van der Waals surface area (Å²) < 4.78 is 0. The highest BCUT2D eigenvalue weighted by atomic mass is 16.3. The number of unbranched alkanes of at least 4 members (excludes halogenated alkanes) is 1. The molecule has 1 unspecified atom stereocenters. The van der Waals surface area contributed by atoms with Gasteiger partial charge in [-0.05, 0) is 12.8 Å². The van der Waals surface area contributed by atoms with Crippen LogP contribution in [0, 0.1) is 0 Å². The number of carbonyl (C=O) groups excluding carboxylic acids is 1. The molecular weight excluding hydrogens is 140 g/mol. The molecule has 0 heterocycles. The molecule has 0 saturated heterocycles. The minimum absolute atomic E-state index is 0.196. The standard InChI is InChI=1S/C9H18O2/c1-3-5-6-9(11)7-8(10)4-2/h8,10H,3-7H2,1-2H3. The monoisotopic (exact) mass is 158 g/mol. The third kappa shape index (κ3) is 6.05. The van der Waals surface area contributed by atoms with Crippen LogP contribution in [-0.4, -0.2) is 17.0 Å². The molecule has 0 aliphatic carbocycles. The molecule has 0 fully saturated rings. The highest BCUT2D eigenvalue weighted by molar-refractivity contribution is 5.78. The molecule has 0 saturated carbocycles. The molecule has 0 spiro atoms. The second-order valence-corrected chi connectivity index (χ2v) is 2.91. The molecule has 0 radical (unpaired) electrons. The predicted octanol–water partition coefficient (Wildman–Crippen LogP) is 1.91. The van der Waals surface area contributed by atoms with Gasteiger partial charge in [-0.1, -0.05) is 20.3 Å². The number of ketones is 1. The van der Waals surface area contributed by atoms with Gasteiger partial charge in [-0.2, -0.15) is 0 Å². The molecular formula is C9H18O2. The Bertz CT molecular complexity index is 110. The second kappa shape index (κ2) is 6.35.